The van der Waals surface area contributed by atoms with Crippen molar-refractivity contribution < 1.29 is 9.32 Å². The van der Waals surface area contributed by atoms with E-state index in [0.29, 0.717) is 38.7 Å². The Hall–Kier alpha value is -3.13. The van der Waals surface area contributed by atoms with Gasteiger partial charge in [0, 0.05) is 15.7 Å². The van der Waals surface area contributed by atoms with Crippen molar-refractivity contribution in [1.29, 1.82) is 0 Å². The summed E-state index contributed by atoms with van der Waals surface area (Å²) < 4.78 is 5.67. The van der Waals surface area contributed by atoms with Crippen molar-refractivity contribution in [1.82, 2.24) is 15.5 Å². The first-order valence-electron chi connectivity index (χ1n) is 9.71. The Labute approximate surface area is 198 Å². The van der Waals surface area contributed by atoms with Crippen LogP contribution in [-0.4, -0.2) is 16.2 Å². The first-order valence-corrected chi connectivity index (χ1v) is 11.3. The summed E-state index contributed by atoms with van der Waals surface area (Å²) in [7, 11) is 0. The van der Waals surface area contributed by atoms with Crippen LogP contribution in [0.4, 0.5) is 10.5 Å². The van der Waals surface area contributed by atoms with Gasteiger partial charge < -0.3 is 9.84 Å². The molecule has 2 aromatic carbocycles. The Morgan fingerprint density at radius 3 is 2.56 bits per heavy atom. The van der Waals surface area contributed by atoms with E-state index in [1.165, 1.54) is 11.3 Å². The molecule has 9 heteroatoms. The number of urea groups is 1. The lowest BCUT2D eigenvalue weighted by Crippen LogP contribution is -2.46. The number of halogens is 2. The van der Waals surface area contributed by atoms with Gasteiger partial charge in [0.1, 0.15) is 0 Å². The van der Waals surface area contributed by atoms with Crippen molar-refractivity contribution in [3.05, 3.63) is 93.2 Å². The molecule has 1 aliphatic heterocycles. The summed E-state index contributed by atoms with van der Waals surface area (Å²) in [6, 6.07) is 17.5. The molecule has 0 fully saturated rings. The first kappa shape index (κ1) is 20.8. The smallest absolute Gasteiger partial charge is 0.326 e. The van der Waals surface area contributed by atoms with E-state index in [-0.39, 0.29) is 6.03 Å². The molecule has 0 bridgehead atoms. The lowest BCUT2D eigenvalue weighted by atomic mass is 9.94. The number of aromatic nitrogens is 2. The van der Waals surface area contributed by atoms with E-state index in [4.69, 9.17) is 27.7 Å². The van der Waals surface area contributed by atoms with Crippen LogP contribution in [0.3, 0.4) is 0 Å². The predicted molar refractivity (Wildman–Crippen MR) is 127 cm³/mol. The van der Waals surface area contributed by atoms with Crippen molar-refractivity contribution in [3.8, 4) is 10.7 Å². The molecule has 2 amide bonds. The highest BCUT2D eigenvalue weighted by Gasteiger charge is 2.36. The van der Waals surface area contributed by atoms with Crippen LogP contribution in [0, 0.1) is 0 Å². The van der Waals surface area contributed by atoms with Gasteiger partial charge in [0.05, 0.1) is 22.2 Å². The number of rotatable bonds is 4. The summed E-state index contributed by atoms with van der Waals surface area (Å²) in [4.78, 5) is 20.3. The summed E-state index contributed by atoms with van der Waals surface area (Å²) >= 11 is 13.9. The molecular formula is C23H16Cl2N4O2S. The maximum absolute atomic E-state index is 13.2. The standard InChI is InChI=1S/C23H16Cl2N4O2S/c1-13-19(22-27-21(28-31-22)18-9-4-10-32-18)20(14-5-2-6-15(24)11-14)26-23(30)29(13)17-8-3-7-16(25)12-17/h2-12,20H,1H3,(H,26,30). The molecule has 2 aromatic heterocycles. The van der Waals surface area contributed by atoms with Crippen molar-refractivity contribution >= 4 is 51.8 Å². The van der Waals surface area contributed by atoms with Gasteiger partial charge in [0.25, 0.3) is 5.89 Å². The lowest BCUT2D eigenvalue weighted by Gasteiger charge is -2.35. The molecule has 32 heavy (non-hydrogen) atoms. The number of benzene rings is 2. The Morgan fingerprint density at radius 1 is 1.06 bits per heavy atom. The van der Waals surface area contributed by atoms with Gasteiger partial charge in [-0.2, -0.15) is 4.98 Å². The SMILES string of the molecule is CC1=C(c2nc(-c3cccs3)no2)C(c2cccc(Cl)c2)NC(=O)N1c1cccc(Cl)c1. The third kappa shape index (κ3) is 3.79. The quantitative estimate of drug-likeness (QED) is 0.346. The van der Waals surface area contributed by atoms with Gasteiger partial charge in [0.2, 0.25) is 5.82 Å². The van der Waals surface area contributed by atoms with Crippen LogP contribution in [0.1, 0.15) is 24.4 Å². The zero-order valence-electron chi connectivity index (χ0n) is 16.8. The minimum atomic E-state index is -0.520. The number of hydrogen-bond donors (Lipinski definition) is 1. The molecule has 3 heterocycles. The largest absolute Gasteiger partial charge is 0.334 e. The fraction of sp³-hybridized carbons (Fsp3) is 0.0870. The molecule has 5 rings (SSSR count). The van der Waals surface area contributed by atoms with Crippen LogP contribution in [0.15, 0.2) is 76.3 Å². The van der Waals surface area contributed by atoms with Gasteiger partial charge in [-0.15, -0.1) is 11.3 Å². The number of allylic oxidation sites excluding steroid dienone is 1. The van der Waals surface area contributed by atoms with Crippen molar-refractivity contribution in [2.24, 2.45) is 0 Å². The second kappa shape index (κ2) is 8.43. The van der Waals surface area contributed by atoms with E-state index in [0.717, 1.165) is 10.4 Å². The maximum Gasteiger partial charge on any atom is 0.326 e. The highest BCUT2D eigenvalue weighted by atomic mass is 35.5. The van der Waals surface area contributed by atoms with Crippen molar-refractivity contribution in [2.45, 2.75) is 13.0 Å². The zero-order valence-corrected chi connectivity index (χ0v) is 19.1. The third-order valence-electron chi connectivity index (χ3n) is 5.13. The molecule has 1 atom stereocenters. The lowest BCUT2D eigenvalue weighted by molar-refractivity contribution is 0.244. The van der Waals surface area contributed by atoms with E-state index in [2.05, 4.69) is 15.5 Å². The van der Waals surface area contributed by atoms with Gasteiger partial charge in [-0.05, 0) is 54.3 Å². The van der Waals surface area contributed by atoms with Crippen LogP contribution < -0.4 is 10.2 Å². The van der Waals surface area contributed by atoms with E-state index in [1.807, 2.05) is 48.7 Å². The van der Waals surface area contributed by atoms with Crippen molar-refractivity contribution in [3.63, 3.8) is 0 Å². The average Bonchev–Trinajstić information content (AvgIpc) is 3.45. The molecule has 1 N–H and O–H groups in total. The van der Waals surface area contributed by atoms with Crippen LogP contribution in [0.2, 0.25) is 10.0 Å². The summed E-state index contributed by atoms with van der Waals surface area (Å²) in [5.41, 5.74) is 2.78. The van der Waals surface area contributed by atoms with E-state index in [9.17, 15) is 4.79 Å². The topological polar surface area (TPSA) is 71.3 Å². The van der Waals surface area contributed by atoms with Gasteiger partial charge >= 0.3 is 6.03 Å². The van der Waals surface area contributed by atoms with Crippen molar-refractivity contribution in [2.75, 3.05) is 4.90 Å². The van der Waals surface area contributed by atoms with Gasteiger partial charge in [-0.25, -0.2) is 4.79 Å². The zero-order chi connectivity index (χ0) is 22.2. The summed E-state index contributed by atoms with van der Waals surface area (Å²) in [6.07, 6.45) is 0. The molecule has 0 saturated heterocycles. The number of nitrogens with zero attached hydrogens (tertiary/aromatic N) is 3. The summed E-state index contributed by atoms with van der Waals surface area (Å²) in [5.74, 6) is 0.814. The molecule has 1 aliphatic rings. The molecule has 0 radical (unpaired) electrons. The predicted octanol–water partition coefficient (Wildman–Crippen LogP) is 6.81. The summed E-state index contributed by atoms with van der Waals surface area (Å²) in [5, 5.41) is 10.3. The van der Waals surface area contributed by atoms with E-state index < -0.39 is 6.04 Å². The fourth-order valence-corrected chi connectivity index (χ4v) is 4.75. The highest BCUT2D eigenvalue weighted by molar-refractivity contribution is 7.13. The number of hydrogen-bond acceptors (Lipinski definition) is 5. The minimum absolute atomic E-state index is 0.295. The Bertz CT molecular complexity index is 1330. The Kier molecular flexibility index (Phi) is 5.46. The normalized spacial score (nSPS) is 16.4. The highest BCUT2D eigenvalue weighted by Crippen LogP contribution is 2.40. The number of thiophene rings is 1. The monoisotopic (exact) mass is 482 g/mol. The molecule has 160 valence electrons. The maximum atomic E-state index is 13.2. The molecule has 6 nitrogen and oxygen atoms in total. The van der Waals surface area contributed by atoms with Crippen LogP contribution in [0.5, 0.6) is 0 Å². The average molecular weight is 483 g/mol. The van der Waals surface area contributed by atoms with Gasteiger partial charge in [-0.3, -0.25) is 4.90 Å². The van der Waals surface area contributed by atoms with E-state index >= 15 is 0 Å². The number of amides is 2. The number of anilines is 1. The molecule has 1 unspecified atom stereocenters. The van der Waals surface area contributed by atoms with Gasteiger partial charge in [0.15, 0.2) is 0 Å². The van der Waals surface area contributed by atoms with Crippen LogP contribution in [0.25, 0.3) is 16.3 Å². The Morgan fingerprint density at radius 2 is 1.84 bits per heavy atom. The van der Waals surface area contributed by atoms with Crippen LogP contribution >= 0.6 is 34.5 Å². The second-order valence-electron chi connectivity index (χ2n) is 7.15. The third-order valence-corrected chi connectivity index (χ3v) is 6.47. The minimum Gasteiger partial charge on any atom is -0.334 e. The van der Waals surface area contributed by atoms with Gasteiger partial charge in [-0.1, -0.05) is 52.6 Å². The fourth-order valence-electron chi connectivity index (χ4n) is 3.72. The number of nitrogens with one attached hydrogen (secondary N) is 1. The molecule has 0 spiro atoms. The van der Waals surface area contributed by atoms with E-state index in [1.54, 1.807) is 29.2 Å². The first-order chi connectivity index (χ1) is 15.5. The molecule has 0 aliphatic carbocycles. The van der Waals surface area contributed by atoms with Crippen LogP contribution in [-0.2, 0) is 0 Å². The Balaban J connectivity index is 1.68. The molecular weight excluding hydrogens is 467 g/mol. The summed E-state index contributed by atoms with van der Waals surface area (Å²) in [6.45, 7) is 1.85. The number of carbonyl (C=O) groups excluding carboxylic acids is 1. The number of carbonyl (C=O) groups is 1. The molecule has 4 aromatic rings. The molecule has 0 saturated carbocycles. The second-order valence-corrected chi connectivity index (χ2v) is 8.97.